The molecular weight excluding hydrogens is 693 g/mol. The summed E-state index contributed by atoms with van der Waals surface area (Å²) in [5.41, 5.74) is 15.2. The number of hydrogen-bond acceptors (Lipinski definition) is 2. The number of furan rings is 1. The molecule has 9 aromatic carbocycles. The van der Waals surface area contributed by atoms with E-state index in [1.54, 1.807) is 0 Å². The fourth-order valence-electron chi connectivity index (χ4n) is 8.48. The fraction of sp³-hybridized carbons (Fsp3) is 0. The molecule has 0 unspecified atom stereocenters. The van der Waals surface area contributed by atoms with Crippen LogP contribution in [0.3, 0.4) is 0 Å². The quantitative estimate of drug-likeness (QED) is 0.163. The SMILES string of the molecule is c1ccc(-c2ccc(N(c3ccc(-c4ccccc4)cc3)c3cccc4c3oc3c(-n5c6ccccc6c6cc(-c7ccccc7)ccc65)cccc34)cc2)cc1. The highest BCUT2D eigenvalue weighted by atomic mass is 16.3. The summed E-state index contributed by atoms with van der Waals surface area (Å²) in [4.78, 5) is 2.32. The number of para-hydroxylation sites is 3. The van der Waals surface area contributed by atoms with Gasteiger partial charge in [-0.25, -0.2) is 0 Å². The Morgan fingerprint density at radius 2 is 0.772 bits per heavy atom. The van der Waals surface area contributed by atoms with Gasteiger partial charge in [-0.2, -0.15) is 0 Å². The molecule has 2 heterocycles. The third-order valence-corrected chi connectivity index (χ3v) is 11.2. The number of benzene rings is 9. The topological polar surface area (TPSA) is 21.3 Å². The number of fused-ring (bicyclic) bond motifs is 6. The van der Waals surface area contributed by atoms with Gasteiger partial charge in [0, 0.05) is 32.9 Å². The Kier molecular flexibility index (Phi) is 7.82. The molecule has 0 aliphatic carbocycles. The van der Waals surface area contributed by atoms with Gasteiger partial charge in [-0.3, -0.25) is 0 Å². The van der Waals surface area contributed by atoms with Crippen LogP contribution in [0, 0.1) is 0 Å². The maximum absolute atomic E-state index is 7.18. The number of anilines is 3. The van der Waals surface area contributed by atoms with E-state index in [2.05, 4.69) is 228 Å². The lowest BCUT2D eigenvalue weighted by molar-refractivity contribution is 0.666. The minimum Gasteiger partial charge on any atom is -0.452 e. The number of nitrogens with zero attached hydrogens (tertiary/aromatic N) is 2. The second kappa shape index (κ2) is 13.6. The molecule has 0 amide bonds. The van der Waals surface area contributed by atoms with Gasteiger partial charge in [-0.15, -0.1) is 0 Å². The molecule has 0 saturated carbocycles. The molecule has 0 aliphatic rings. The van der Waals surface area contributed by atoms with Crippen molar-refractivity contribution >= 4 is 60.8 Å². The van der Waals surface area contributed by atoms with E-state index in [0.717, 1.165) is 55.7 Å². The molecule has 0 aliphatic heterocycles. The van der Waals surface area contributed by atoms with Gasteiger partial charge in [0.25, 0.3) is 0 Å². The normalized spacial score (nSPS) is 11.5. The van der Waals surface area contributed by atoms with E-state index in [9.17, 15) is 0 Å². The van der Waals surface area contributed by atoms with E-state index < -0.39 is 0 Å². The molecule has 57 heavy (non-hydrogen) atoms. The second-order valence-electron chi connectivity index (χ2n) is 14.5. The van der Waals surface area contributed by atoms with Crippen LogP contribution < -0.4 is 4.90 Å². The van der Waals surface area contributed by atoms with Crippen molar-refractivity contribution < 1.29 is 4.42 Å². The molecule has 0 spiro atoms. The van der Waals surface area contributed by atoms with Crippen molar-refractivity contribution in [2.45, 2.75) is 0 Å². The lowest BCUT2D eigenvalue weighted by Gasteiger charge is -2.26. The van der Waals surface area contributed by atoms with Gasteiger partial charge in [0.2, 0.25) is 0 Å². The summed E-state index contributed by atoms with van der Waals surface area (Å²) in [6.45, 7) is 0. The van der Waals surface area contributed by atoms with E-state index in [-0.39, 0.29) is 0 Å². The Hall–Kier alpha value is -7.62. The van der Waals surface area contributed by atoms with Gasteiger partial charge in [0.05, 0.1) is 22.4 Å². The summed E-state index contributed by atoms with van der Waals surface area (Å²) in [6, 6.07) is 77.9. The zero-order chi connectivity index (χ0) is 37.7. The molecule has 2 aromatic heterocycles. The van der Waals surface area contributed by atoms with Crippen LogP contribution in [0.1, 0.15) is 0 Å². The van der Waals surface area contributed by atoms with Crippen molar-refractivity contribution in [3.8, 4) is 39.1 Å². The molecule has 268 valence electrons. The first-order valence-electron chi connectivity index (χ1n) is 19.4. The molecule has 0 N–H and O–H groups in total. The molecular formula is C54H36N2O. The van der Waals surface area contributed by atoms with E-state index in [1.165, 1.54) is 44.2 Å². The predicted octanol–water partition coefficient (Wildman–Crippen LogP) is 15.2. The first-order valence-corrected chi connectivity index (χ1v) is 19.4. The van der Waals surface area contributed by atoms with Crippen molar-refractivity contribution in [2.75, 3.05) is 4.90 Å². The van der Waals surface area contributed by atoms with Crippen molar-refractivity contribution in [1.29, 1.82) is 0 Å². The van der Waals surface area contributed by atoms with Crippen LogP contribution in [0.25, 0.3) is 82.8 Å². The summed E-state index contributed by atoms with van der Waals surface area (Å²) in [5, 5.41) is 4.58. The Morgan fingerprint density at radius 1 is 0.316 bits per heavy atom. The molecule has 0 fully saturated rings. The third-order valence-electron chi connectivity index (χ3n) is 11.2. The first-order chi connectivity index (χ1) is 28.3. The average Bonchev–Trinajstić information content (AvgIpc) is 3.84. The lowest BCUT2D eigenvalue weighted by atomic mass is 10.0. The Balaban J connectivity index is 1.10. The lowest BCUT2D eigenvalue weighted by Crippen LogP contribution is -2.10. The summed E-state index contributed by atoms with van der Waals surface area (Å²) in [6.07, 6.45) is 0. The van der Waals surface area contributed by atoms with Gasteiger partial charge in [0.15, 0.2) is 11.2 Å². The van der Waals surface area contributed by atoms with E-state index in [1.807, 2.05) is 0 Å². The van der Waals surface area contributed by atoms with Crippen LogP contribution in [0.2, 0.25) is 0 Å². The fourth-order valence-corrected chi connectivity index (χ4v) is 8.48. The zero-order valence-corrected chi connectivity index (χ0v) is 31.1. The molecule has 11 aromatic rings. The monoisotopic (exact) mass is 728 g/mol. The van der Waals surface area contributed by atoms with Crippen molar-refractivity contribution in [1.82, 2.24) is 4.57 Å². The van der Waals surface area contributed by atoms with Crippen molar-refractivity contribution in [2.24, 2.45) is 0 Å². The number of hydrogen-bond donors (Lipinski definition) is 0. The minimum atomic E-state index is 0.839. The summed E-state index contributed by atoms with van der Waals surface area (Å²) in [7, 11) is 0. The third kappa shape index (κ3) is 5.60. The maximum Gasteiger partial charge on any atom is 0.159 e. The van der Waals surface area contributed by atoms with E-state index in [0.29, 0.717) is 0 Å². The second-order valence-corrected chi connectivity index (χ2v) is 14.5. The minimum absolute atomic E-state index is 0.839. The Bertz CT molecular complexity index is 3120. The molecule has 0 atom stereocenters. The van der Waals surface area contributed by atoms with Crippen LogP contribution in [0.5, 0.6) is 0 Å². The van der Waals surface area contributed by atoms with Crippen LogP contribution in [0.15, 0.2) is 223 Å². The number of rotatable bonds is 7. The van der Waals surface area contributed by atoms with E-state index in [4.69, 9.17) is 4.42 Å². The van der Waals surface area contributed by atoms with Gasteiger partial charge >= 0.3 is 0 Å². The zero-order valence-electron chi connectivity index (χ0n) is 31.1. The molecule has 3 nitrogen and oxygen atoms in total. The smallest absolute Gasteiger partial charge is 0.159 e. The standard InChI is InChI=1S/C54H36N2O/c1-4-14-37(15-5-1)40-26-31-43(32-27-40)55(44-33-28-41(29-34-44)38-16-6-2-7-17-38)51-24-12-21-46-47-22-13-25-52(54(47)57-53(46)51)56-49-23-11-10-20-45(49)48-36-42(30-35-50(48)56)39-18-8-3-9-19-39/h1-36H. The summed E-state index contributed by atoms with van der Waals surface area (Å²) >= 11 is 0. The van der Waals surface area contributed by atoms with Crippen molar-refractivity contribution in [3.05, 3.63) is 218 Å². The Morgan fingerprint density at radius 3 is 1.39 bits per heavy atom. The summed E-state index contributed by atoms with van der Waals surface area (Å²) in [5.74, 6) is 0. The van der Waals surface area contributed by atoms with Gasteiger partial charge in [-0.05, 0) is 88.0 Å². The average molecular weight is 729 g/mol. The first kappa shape index (κ1) is 32.8. The Labute approximate surface area is 330 Å². The van der Waals surface area contributed by atoms with Gasteiger partial charge in [0.1, 0.15) is 0 Å². The molecule has 11 rings (SSSR count). The van der Waals surface area contributed by atoms with Crippen LogP contribution in [0.4, 0.5) is 17.1 Å². The van der Waals surface area contributed by atoms with Crippen LogP contribution in [-0.4, -0.2) is 4.57 Å². The van der Waals surface area contributed by atoms with Crippen molar-refractivity contribution in [3.63, 3.8) is 0 Å². The van der Waals surface area contributed by atoms with Crippen LogP contribution in [-0.2, 0) is 0 Å². The molecule has 0 bridgehead atoms. The highest BCUT2D eigenvalue weighted by Crippen LogP contribution is 2.45. The molecule has 0 radical (unpaired) electrons. The van der Waals surface area contributed by atoms with Gasteiger partial charge < -0.3 is 13.9 Å². The summed E-state index contributed by atoms with van der Waals surface area (Å²) < 4.78 is 9.54. The predicted molar refractivity (Wildman–Crippen MR) is 239 cm³/mol. The maximum atomic E-state index is 7.18. The van der Waals surface area contributed by atoms with Crippen LogP contribution >= 0.6 is 0 Å². The molecule has 3 heteroatoms. The highest BCUT2D eigenvalue weighted by molar-refractivity contribution is 6.15. The number of aromatic nitrogens is 1. The van der Waals surface area contributed by atoms with E-state index >= 15 is 0 Å². The van der Waals surface area contributed by atoms with Gasteiger partial charge in [-0.1, -0.05) is 164 Å². The molecule has 0 saturated heterocycles. The largest absolute Gasteiger partial charge is 0.452 e. The highest BCUT2D eigenvalue weighted by Gasteiger charge is 2.22.